The average Bonchev–Trinajstić information content (AvgIpc) is 2.39. The van der Waals surface area contributed by atoms with Crippen molar-refractivity contribution in [3.63, 3.8) is 0 Å². The maximum absolute atomic E-state index is 13.8. The molecular weight excluding hydrogens is 302 g/mol. The summed E-state index contributed by atoms with van der Waals surface area (Å²) in [6.07, 6.45) is -4.66. The van der Waals surface area contributed by atoms with E-state index in [0.29, 0.717) is 13.2 Å². The molecule has 3 nitrogen and oxygen atoms in total. The van der Waals surface area contributed by atoms with Crippen LogP contribution in [0.15, 0.2) is 18.2 Å². The molecular formula is C15H17F4NO2. The van der Waals surface area contributed by atoms with Gasteiger partial charge in [-0.3, -0.25) is 4.90 Å². The molecule has 122 valence electrons. The Morgan fingerprint density at radius 2 is 1.82 bits per heavy atom. The molecule has 0 aliphatic carbocycles. The fraction of sp³-hybridized carbons (Fsp3) is 0.600. The third kappa shape index (κ3) is 2.51. The average molecular weight is 319 g/mol. The Kier molecular flexibility index (Phi) is 3.70. The lowest BCUT2D eigenvalue weighted by atomic mass is 9.75. The van der Waals surface area contributed by atoms with E-state index in [1.165, 1.54) is 12.1 Å². The lowest BCUT2D eigenvalue weighted by Crippen LogP contribution is -2.59. The van der Waals surface area contributed by atoms with Gasteiger partial charge in [-0.2, -0.15) is 13.2 Å². The van der Waals surface area contributed by atoms with E-state index in [1.807, 2.05) is 11.9 Å². The van der Waals surface area contributed by atoms with E-state index in [4.69, 9.17) is 4.74 Å². The molecule has 3 rings (SSSR count). The number of hydrogen-bond donors (Lipinski definition) is 1. The molecule has 1 aromatic rings. The SMILES string of the molecule is CN1C2COCC1CC(O)(c1cccc(F)c1C(F)(F)F)C2. The number of rotatable bonds is 1. The zero-order chi connectivity index (χ0) is 16.1. The number of piperidine rings is 1. The van der Waals surface area contributed by atoms with E-state index in [2.05, 4.69) is 0 Å². The van der Waals surface area contributed by atoms with E-state index in [1.54, 1.807) is 0 Å². The lowest BCUT2D eigenvalue weighted by molar-refractivity contribution is -0.155. The molecule has 0 saturated carbocycles. The van der Waals surface area contributed by atoms with Crippen LogP contribution in [0.5, 0.6) is 0 Å². The first-order valence-corrected chi connectivity index (χ1v) is 7.10. The standard InChI is InChI=1S/C15H17F4NO2/c1-20-9-5-14(21,6-10(20)8-22-7-9)11-3-2-4-12(16)13(11)15(17,18)19/h2-4,9-10,21H,5-8H2,1H3. The van der Waals surface area contributed by atoms with Crippen LogP contribution in [0.4, 0.5) is 17.6 Å². The van der Waals surface area contributed by atoms with Crippen LogP contribution in [0.1, 0.15) is 24.0 Å². The zero-order valence-electron chi connectivity index (χ0n) is 12.0. The van der Waals surface area contributed by atoms with Crippen LogP contribution in [0.2, 0.25) is 0 Å². The molecule has 2 heterocycles. The minimum atomic E-state index is -4.84. The normalized spacial score (nSPS) is 33.0. The number of halogens is 4. The number of morpholine rings is 1. The summed E-state index contributed by atoms with van der Waals surface area (Å²) in [7, 11) is 1.87. The molecule has 0 spiro atoms. The van der Waals surface area contributed by atoms with Crippen molar-refractivity contribution in [2.75, 3.05) is 20.3 Å². The Balaban J connectivity index is 2.06. The first kappa shape index (κ1) is 15.7. The molecule has 2 saturated heterocycles. The third-order valence-corrected chi connectivity index (χ3v) is 4.72. The van der Waals surface area contributed by atoms with Crippen LogP contribution in [0.3, 0.4) is 0 Å². The van der Waals surface area contributed by atoms with Gasteiger partial charge in [0.25, 0.3) is 0 Å². The molecule has 2 unspecified atom stereocenters. The van der Waals surface area contributed by atoms with Gasteiger partial charge in [-0.1, -0.05) is 12.1 Å². The first-order valence-electron chi connectivity index (χ1n) is 7.10. The number of benzene rings is 1. The summed E-state index contributed by atoms with van der Waals surface area (Å²) in [5.74, 6) is -1.35. The van der Waals surface area contributed by atoms with E-state index in [9.17, 15) is 22.7 Å². The highest BCUT2D eigenvalue weighted by Gasteiger charge is 2.49. The third-order valence-electron chi connectivity index (χ3n) is 4.72. The second-order valence-corrected chi connectivity index (χ2v) is 6.11. The summed E-state index contributed by atoms with van der Waals surface area (Å²) >= 11 is 0. The largest absolute Gasteiger partial charge is 0.419 e. The molecule has 1 N–H and O–H groups in total. The second-order valence-electron chi connectivity index (χ2n) is 6.11. The maximum atomic E-state index is 13.8. The second kappa shape index (κ2) is 5.18. The van der Waals surface area contributed by atoms with Gasteiger partial charge in [0.2, 0.25) is 0 Å². The van der Waals surface area contributed by atoms with Crippen LogP contribution < -0.4 is 0 Å². The molecule has 0 aromatic heterocycles. The van der Waals surface area contributed by atoms with Crippen molar-refractivity contribution < 1.29 is 27.4 Å². The van der Waals surface area contributed by atoms with Crippen molar-refractivity contribution in [1.29, 1.82) is 0 Å². The van der Waals surface area contributed by atoms with Crippen LogP contribution in [0.25, 0.3) is 0 Å². The number of ether oxygens (including phenoxy) is 1. The van der Waals surface area contributed by atoms with Gasteiger partial charge in [0, 0.05) is 12.1 Å². The van der Waals surface area contributed by atoms with Crippen molar-refractivity contribution in [3.8, 4) is 0 Å². The lowest BCUT2D eigenvalue weighted by Gasteiger charge is -2.50. The molecule has 2 aliphatic heterocycles. The van der Waals surface area contributed by atoms with Crippen molar-refractivity contribution in [1.82, 2.24) is 4.90 Å². The quantitative estimate of drug-likeness (QED) is 0.808. The minimum Gasteiger partial charge on any atom is -0.385 e. The first-order chi connectivity index (χ1) is 10.2. The highest BCUT2D eigenvalue weighted by molar-refractivity contribution is 5.37. The number of fused-ring (bicyclic) bond motifs is 2. The molecule has 1 aromatic carbocycles. The summed E-state index contributed by atoms with van der Waals surface area (Å²) < 4.78 is 58.8. The Morgan fingerprint density at radius 3 is 2.36 bits per heavy atom. The molecule has 2 fully saturated rings. The number of likely N-dealkylation sites (N-methyl/N-ethyl adjacent to an activating group) is 1. The van der Waals surface area contributed by atoms with E-state index < -0.39 is 23.2 Å². The van der Waals surface area contributed by atoms with Gasteiger partial charge in [0.1, 0.15) is 5.82 Å². The fourth-order valence-corrected chi connectivity index (χ4v) is 3.56. The smallest absolute Gasteiger partial charge is 0.385 e. The number of aliphatic hydroxyl groups is 1. The van der Waals surface area contributed by atoms with Crippen LogP contribution in [-0.4, -0.2) is 42.4 Å². The van der Waals surface area contributed by atoms with Gasteiger partial charge in [0.05, 0.1) is 24.4 Å². The van der Waals surface area contributed by atoms with Gasteiger partial charge in [-0.05, 0) is 31.5 Å². The molecule has 0 radical (unpaired) electrons. The van der Waals surface area contributed by atoms with Crippen LogP contribution in [-0.2, 0) is 16.5 Å². The predicted molar refractivity (Wildman–Crippen MR) is 70.7 cm³/mol. The van der Waals surface area contributed by atoms with E-state index in [-0.39, 0.29) is 30.5 Å². The van der Waals surface area contributed by atoms with Crippen molar-refractivity contribution in [2.24, 2.45) is 0 Å². The Hall–Kier alpha value is -1.18. The molecule has 2 atom stereocenters. The van der Waals surface area contributed by atoms with Crippen molar-refractivity contribution in [2.45, 2.75) is 36.7 Å². The number of alkyl halides is 3. The Bertz CT molecular complexity index is 561. The molecule has 2 bridgehead atoms. The monoisotopic (exact) mass is 319 g/mol. The van der Waals surface area contributed by atoms with Crippen molar-refractivity contribution in [3.05, 3.63) is 35.1 Å². The highest BCUT2D eigenvalue weighted by Crippen LogP contribution is 2.45. The van der Waals surface area contributed by atoms with Gasteiger partial charge < -0.3 is 9.84 Å². The predicted octanol–water partition coefficient (Wildman–Crippen LogP) is 2.53. The summed E-state index contributed by atoms with van der Waals surface area (Å²) in [5, 5.41) is 10.9. The van der Waals surface area contributed by atoms with Crippen LogP contribution in [0, 0.1) is 5.82 Å². The molecule has 0 amide bonds. The number of hydrogen-bond acceptors (Lipinski definition) is 3. The minimum absolute atomic E-state index is 0.0898. The van der Waals surface area contributed by atoms with E-state index in [0.717, 1.165) is 6.07 Å². The number of nitrogens with zero attached hydrogens (tertiary/aromatic N) is 1. The summed E-state index contributed by atoms with van der Waals surface area (Å²) in [6.45, 7) is 0.706. The molecule has 2 aliphatic rings. The molecule has 7 heteroatoms. The highest BCUT2D eigenvalue weighted by atomic mass is 19.4. The van der Waals surface area contributed by atoms with E-state index >= 15 is 0 Å². The van der Waals surface area contributed by atoms with Gasteiger partial charge in [-0.25, -0.2) is 4.39 Å². The van der Waals surface area contributed by atoms with Gasteiger partial charge in [0.15, 0.2) is 0 Å². The van der Waals surface area contributed by atoms with Crippen molar-refractivity contribution >= 4 is 0 Å². The fourth-order valence-electron chi connectivity index (χ4n) is 3.56. The van der Waals surface area contributed by atoms with Gasteiger partial charge >= 0.3 is 6.18 Å². The summed E-state index contributed by atoms with van der Waals surface area (Å²) in [6, 6.07) is 2.80. The Labute approximate surface area is 125 Å². The zero-order valence-corrected chi connectivity index (χ0v) is 12.0. The Morgan fingerprint density at radius 1 is 1.23 bits per heavy atom. The topological polar surface area (TPSA) is 32.7 Å². The maximum Gasteiger partial charge on any atom is 0.419 e. The summed E-state index contributed by atoms with van der Waals surface area (Å²) in [5.41, 5.74) is -3.43. The molecule has 22 heavy (non-hydrogen) atoms. The van der Waals surface area contributed by atoms with Gasteiger partial charge in [-0.15, -0.1) is 0 Å². The summed E-state index contributed by atoms with van der Waals surface area (Å²) in [4.78, 5) is 2.02. The van der Waals surface area contributed by atoms with Crippen LogP contribution >= 0.6 is 0 Å².